The molecule has 0 unspecified atom stereocenters. The molecule has 2 rings (SSSR count). The summed E-state index contributed by atoms with van der Waals surface area (Å²) in [6.07, 6.45) is 1.87. The lowest BCUT2D eigenvalue weighted by Gasteiger charge is -2.07. The first kappa shape index (κ1) is 9.97. The molecule has 0 aliphatic heterocycles. The number of hydrogen-bond donors (Lipinski definition) is 0. The van der Waals surface area contributed by atoms with Crippen LogP contribution in [0.5, 0.6) is 0 Å². The molecule has 0 aliphatic rings. The van der Waals surface area contributed by atoms with E-state index in [-0.39, 0.29) is 5.56 Å². The molecule has 1 aromatic carbocycles. The van der Waals surface area contributed by atoms with Gasteiger partial charge in [0.2, 0.25) is 0 Å². The van der Waals surface area contributed by atoms with Crippen LogP contribution in [-0.2, 0) is 6.54 Å². The molecule has 2 heteroatoms. The Balaban J connectivity index is 2.93. The molecule has 0 bridgehead atoms. The van der Waals surface area contributed by atoms with Gasteiger partial charge in [0.05, 0.1) is 0 Å². The molecular formula is C13H15NO. The van der Waals surface area contributed by atoms with Gasteiger partial charge in [-0.15, -0.1) is 0 Å². The van der Waals surface area contributed by atoms with Crippen LogP contribution < -0.4 is 5.56 Å². The topological polar surface area (TPSA) is 22.0 Å². The van der Waals surface area contributed by atoms with Gasteiger partial charge in [-0.1, -0.05) is 11.6 Å². The van der Waals surface area contributed by atoms with Gasteiger partial charge in [-0.25, -0.2) is 0 Å². The summed E-state index contributed by atoms with van der Waals surface area (Å²) in [6.45, 7) is 6.78. The van der Waals surface area contributed by atoms with Crippen molar-refractivity contribution < 1.29 is 0 Å². The number of fused-ring (bicyclic) bond motifs is 1. The van der Waals surface area contributed by atoms with Gasteiger partial charge in [0.1, 0.15) is 0 Å². The Bertz CT molecular complexity index is 566. The van der Waals surface area contributed by atoms with Gasteiger partial charge in [0.15, 0.2) is 0 Å². The maximum Gasteiger partial charge on any atom is 0.258 e. The molecule has 0 atom stereocenters. The van der Waals surface area contributed by atoms with Crippen LogP contribution in [0.3, 0.4) is 0 Å². The second kappa shape index (κ2) is 3.54. The Morgan fingerprint density at radius 2 is 1.93 bits per heavy atom. The van der Waals surface area contributed by atoms with E-state index in [1.54, 1.807) is 4.57 Å². The second-order valence-electron chi connectivity index (χ2n) is 3.95. The van der Waals surface area contributed by atoms with Crippen LogP contribution in [0.4, 0.5) is 0 Å². The highest BCUT2D eigenvalue weighted by atomic mass is 16.1. The first-order valence-electron chi connectivity index (χ1n) is 5.24. The Hall–Kier alpha value is -1.57. The largest absolute Gasteiger partial charge is 0.315 e. The van der Waals surface area contributed by atoms with Gasteiger partial charge >= 0.3 is 0 Å². The second-order valence-corrected chi connectivity index (χ2v) is 3.95. The highest BCUT2D eigenvalue weighted by Gasteiger charge is 2.04. The van der Waals surface area contributed by atoms with Gasteiger partial charge < -0.3 is 4.57 Å². The number of aromatic nitrogens is 1. The third-order valence-electron chi connectivity index (χ3n) is 2.78. The summed E-state index contributed by atoms with van der Waals surface area (Å²) in [5.74, 6) is 0. The van der Waals surface area contributed by atoms with E-state index in [0.717, 1.165) is 22.9 Å². The van der Waals surface area contributed by atoms with E-state index in [0.29, 0.717) is 0 Å². The van der Waals surface area contributed by atoms with Crippen molar-refractivity contribution in [3.63, 3.8) is 0 Å². The minimum Gasteiger partial charge on any atom is -0.315 e. The van der Waals surface area contributed by atoms with Crippen LogP contribution in [0.25, 0.3) is 10.8 Å². The summed E-state index contributed by atoms with van der Waals surface area (Å²) >= 11 is 0. The summed E-state index contributed by atoms with van der Waals surface area (Å²) in [7, 11) is 0. The van der Waals surface area contributed by atoms with Crippen molar-refractivity contribution in [2.75, 3.05) is 0 Å². The molecule has 2 nitrogen and oxygen atoms in total. The standard InChI is InChI=1S/C13H15NO/c1-4-14-6-5-11-10(3)7-9(2)8-12(11)13(14)15/h5-8H,4H2,1-3H3. The van der Waals surface area contributed by atoms with Crippen LogP contribution in [0, 0.1) is 13.8 Å². The lowest BCUT2D eigenvalue weighted by molar-refractivity contribution is 0.734. The maximum atomic E-state index is 12.0. The fraction of sp³-hybridized carbons (Fsp3) is 0.308. The van der Waals surface area contributed by atoms with E-state index in [2.05, 4.69) is 6.07 Å². The lowest BCUT2D eigenvalue weighted by atomic mass is 10.0. The fourth-order valence-electron chi connectivity index (χ4n) is 2.01. The van der Waals surface area contributed by atoms with Crippen LogP contribution in [0.1, 0.15) is 18.1 Å². The Morgan fingerprint density at radius 3 is 2.60 bits per heavy atom. The number of benzene rings is 1. The quantitative estimate of drug-likeness (QED) is 0.695. The predicted molar refractivity (Wildman–Crippen MR) is 63.4 cm³/mol. The fourth-order valence-corrected chi connectivity index (χ4v) is 2.01. The van der Waals surface area contributed by atoms with Crippen LogP contribution >= 0.6 is 0 Å². The van der Waals surface area contributed by atoms with Crippen molar-refractivity contribution in [3.05, 3.63) is 45.9 Å². The summed E-state index contributed by atoms with van der Waals surface area (Å²) in [6, 6.07) is 6.10. The van der Waals surface area contributed by atoms with E-state index in [1.807, 2.05) is 39.1 Å². The first-order valence-corrected chi connectivity index (χ1v) is 5.24. The van der Waals surface area contributed by atoms with Gasteiger partial charge in [-0.3, -0.25) is 4.79 Å². The molecule has 0 N–H and O–H groups in total. The SMILES string of the molecule is CCn1ccc2c(C)cc(C)cc2c1=O. The van der Waals surface area contributed by atoms with Gasteiger partial charge in [-0.05, 0) is 43.9 Å². The normalized spacial score (nSPS) is 10.9. The monoisotopic (exact) mass is 201 g/mol. The number of aryl methyl sites for hydroxylation is 3. The van der Waals surface area contributed by atoms with Crippen LogP contribution in [0.15, 0.2) is 29.2 Å². The minimum atomic E-state index is 0.113. The van der Waals surface area contributed by atoms with Crippen molar-refractivity contribution in [2.45, 2.75) is 27.3 Å². The number of rotatable bonds is 1. The lowest BCUT2D eigenvalue weighted by Crippen LogP contribution is -2.18. The van der Waals surface area contributed by atoms with Crippen molar-refractivity contribution in [2.24, 2.45) is 0 Å². The van der Waals surface area contributed by atoms with E-state index in [9.17, 15) is 4.79 Å². The number of nitrogens with zero attached hydrogens (tertiary/aromatic N) is 1. The summed E-state index contributed by atoms with van der Waals surface area (Å²) < 4.78 is 1.74. The maximum absolute atomic E-state index is 12.0. The van der Waals surface area contributed by atoms with Crippen LogP contribution in [-0.4, -0.2) is 4.57 Å². The average molecular weight is 201 g/mol. The zero-order valence-corrected chi connectivity index (χ0v) is 9.37. The molecule has 0 saturated heterocycles. The molecule has 0 saturated carbocycles. The van der Waals surface area contributed by atoms with Crippen LogP contribution in [0.2, 0.25) is 0 Å². The third kappa shape index (κ3) is 1.56. The molecule has 1 aromatic heterocycles. The van der Waals surface area contributed by atoms with Gasteiger partial charge in [-0.2, -0.15) is 0 Å². The highest BCUT2D eigenvalue weighted by molar-refractivity contribution is 5.85. The van der Waals surface area contributed by atoms with Crippen molar-refractivity contribution in [1.82, 2.24) is 4.57 Å². The van der Waals surface area contributed by atoms with Crippen molar-refractivity contribution in [1.29, 1.82) is 0 Å². The zero-order valence-electron chi connectivity index (χ0n) is 9.37. The Morgan fingerprint density at radius 1 is 1.20 bits per heavy atom. The molecular weight excluding hydrogens is 186 g/mol. The molecule has 0 fully saturated rings. The molecule has 0 amide bonds. The molecule has 2 aromatic rings. The minimum absolute atomic E-state index is 0.113. The molecule has 0 radical (unpaired) electrons. The smallest absolute Gasteiger partial charge is 0.258 e. The Labute approximate surface area is 89.2 Å². The third-order valence-corrected chi connectivity index (χ3v) is 2.78. The zero-order chi connectivity index (χ0) is 11.0. The number of hydrogen-bond acceptors (Lipinski definition) is 1. The van der Waals surface area contributed by atoms with Crippen molar-refractivity contribution in [3.8, 4) is 0 Å². The average Bonchev–Trinajstić information content (AvgIpc) is 2.19. The molecule has 15 heavy (non-hydrogen) atoms. The van der Waals surface area contributed by atoms with E-state index in [4.69, 9.17) is 0 Å². The molecule has 1 heterocycles. The van der Waals surface area contributed by atoms with Gasteiger partial charge in [0, 0.05) is 18.1 Å². The first-order chi connectivity index (χ1) is 7.13. The summed E-state index contributed by atoms with van der Waals surface area (Å²) in [5.41, 5.74) is 2.43. The predicted octanol–water partition coefficient (Wildman–Crippen LogP) is 2.64. The molecule has 0 aliphatic carbocycles. The summed E-state index contributed by atoms with van der Waals surface area (Å²) in [5, 5.41) is 1.90. The molecule has 78 valence electrons. The number of pyridine rings is 1. The van der Waals surface area contributed by atoms with E-state index in [1.165, 1.54) is 5.56 Å². The van der Waals surface area contributed by atoms with Crippen molar-refractivity contribution >= 4 is 10.8 Å². The summed E-state index contributed by atoms with van der Waals surface area (Å²) in [4.78, 5) is 12.0. The Kier molecular flexibility index (Phi) is 2.35. The van der Waals surface area contributed by atoms with E-state index >= 15 is 0 Å². The molecule has 0 spiro atoms. The van der Waals surface area contributed by atoms with E-state index < -0.39 is 0 Å². The highest BCUT2D eigenvalue weighted by Crippen LogP contribution is 2.16. The van der Waals surface area contributed by atoms with Gasteiger partial charge in [0.25, 0.3) is 5.56 Å².